The third-order valence-corrected chi connectivity index (χ3v) is 4.43. The molecule has 0 bridgehead atoms. The van der Waals surface area contributed by atoms with Crippen LogP contribution in [0.25, 0.3) is 10.9 Å². The quantitative estimate of drug-likeness (QED) is 0.563. The molecule has 0 aliphatic heterocycles. The first-order valence-corrected chi connectivity index (χ1v) is 9.03. The lowest BCUT2D eigenvalue weighted by Crippen LogP contribution is -2.12. The first-order chi connectivity index (χ1) is 14.0. The van der Waals surface area contributed by atoms with Gasteiger partial charge in [-0.05, 0) is 30.3 Å². The second kappa shape index (κ2) is 8.55. The van der Waals surface area contributed by atoms with Crippen molar-refractivity contribution in [2.45, 2.75) is 13.3 Å². The lowest BCUT2D eigenvalue weighted by Gasteiger charge is -2.11. The molecule has 3 rings (SSSR count). The van der Waals surface area contributed by atoms with E-state index < -0.39 is 0 Å². The molecule has 3 aromatic rings. The van der Waals surface area contributed by atoms with Gasteiger partial charge in [0.1, 0.15) is 11.4 Å². The second-order valence-electron chi connectivity index (χ2n) is 6.22. The minimum atomic E-state index is -0.324. The fourth-order valence-corrected chi connectivity index (χ4v) is 2.94. The van der Waals surface area contributed by atoms with Crippen LogP contribution in [0.2, 0.25) is 0 Å². The van der Waals surface area contributed by atoms with Gasteiger partial charge in [0.25, 0.3) is 5.91 Å². The van der Waals surface area contributed by atoms with Crippen molar-refractivity contribution in [3.63, 3.8) is 0 Å². The summed E-state index contributed by atoms with van der Waals surface area (Å²) in [7, 11) is 4.61. The fraction of sp³-hybridized carbons (Fsp3) is 0.238. The van der Waals surface area contributed by atoms with Crippen LogP contribution in [0.3, 0.4) is 0 Å². The highest BCUT2D eigenvalue weighted by Crippen LogP contribution is 2.41. The molecule has 2 aromatic carbocycles. The molecule has 0 atom stereocenters. The number of benzene rings is 2. The van der Waals surface area contributed by atoms with E-state index in [0.29, 0.717) is 51.6 Å². The third kappa shape index (κ3) is 4.11. The zero-order chi connectivity index (χ0) is 21.0. The Kier molecular flexibility index (Phi) is 5.92. The number of hydrogen-bond acceptors (Lipinski definition) is 5. The minimum absolute atomic E-state index is 0.0711. The number of methoxy groups -OCH3 is 3. The number of aromatic amines is 1. The maximum Gasteiger partial charge on any atom is 0.272 e. The van der Waals surface area contributed by atoms with Gasteiger partial charge < -0.3 is 29.8 Å². The predicted octanol–water partition coefficient (Wildman–Crippen LogP) is 3.79. The van der Waals surface area contributed by atoms with Gasteiger partial charge >= 0.3 is 0 Å². The first-order valence-electron chi connectivity index (χ1n) is 9.03. The van der Waals surface area contributed by atoms with Crippen molar-refractivity contribution in [1.29, 1.82) is 0 Å². The molecule has 0 saturated heterocycles. The maximum absolute atomic E-state index is 12.7. The van der Waals surface area contributed by atoms with Gasteiger partial charge in [-0.3, -0.25) is 9.59 Å². The fourth-order valence-electron chi connectivity index (χ4n) is 2.94. The number of H-pyrrole nitrogens is 1. The molecule has 0 aliphatic carbocycles. The molecule has 0 saturated carbocycles. The van der Waals surface area contributed by atoms with Crippen LogP contribution in [-0.2, 0) is 4.79 Å². The van der Waals surface area contributed by atoms with Gasteiger partial charge in [-0.1, -0.05) is 6.92 Å². The molecular formula is C21H23N3O5. The SMILES string of the molecule is CCC(=O)Nc1ccc(NC(=O)c2cc3c(OC)cc(OC)c(OC)c3[nH]2)cc1. The van der Waals surface area contributed by atoms with Crippen molar-refractivity contribution in [3.8, 4) is 17.2 Å². The van der Waals surface area contributed by atoms with Crippen molar-refractivity contribution in [1.82, 2.24) is 4.98 Å². The van der Waals surface area contributed by atoms with Crippen LogP contribution >= 0.6 is 0 Å². The molecule has 0 aliphatic rings. The summed E-state index contributed by atoms with van der Waals surface area (Å²) in [5.41, 5.74) is 2.21. The molecule has 8 heteroatoms. The Hall–Kier alpha value is -3.68. The van der Waals surface area contributed by atoms with Crippen molar-refractivity contribution in [3.05, 3.63) is 42.1 Å². The van der Waals surface area contributed by atoms with E-state index in [0.717, 1.165) is 0 Å². The van der Waals surface area contributed by atoms with Gasteiger partial charge in [-0.15, -0.1) is 0 Å². The number of anilines is 2. The molecule has 0 fully saturated rings. The highest BCUT2D eigenvalue weighted by Gasteiger charge is 2.19. The molecule has 29 heavy (non-hydrogen) atoms. The summed E-state index contributed by atoms with van der Waals surface area (Å²) in [5.74, 6) is 1.14. The van der Waals surface area contributed by atoms with Gasteiger partial charge in [0.15, 0.2) is 11.5 Å². The van der Waals surface area contributed by atoms with Crippen molar-refractivity contribution in [2.75, 3.05) is 32.0 Å². The summed E-state index contributed by atoms with van der Waals surface area (Å²) in [5, 5.41) is 6.28. The number of carbonyl (C=O) groups is 2. The molecule has 0 radical (unpaired) electrons. The highest BCUT2D eigenvalue weighted by atomic mass is 16.5. The molecule has 1 aromatic heterocycles. The van der Waals surface area contributed by atoms with E-state index in [4.69, 9.17) is 14.2 Å². The van der Waals surface area contributed by atoms with Gasteiger partial charge in [0.05, 0.1) is 26.8 Å². The van der Waals surface area contributed by atoms with Crippen molar-refractivity contribution in [2.24, 2.45) is 0 Å². The molecule has 1 heterocycles. The normalized spacial score (nSPS) is 10.5. The minimum Gasteiger partial charge on any atom is -0.496 e. The molecule has 152 valence electrons. The van der Waals surface area contributed by atoms with Gasteiger partial charge in [0, 0.05) is 29.2 Å². The summed E-state index contributed by atoms with van der Waals surface area (Å²) in [6, 6.07) is 10.3. The average molecular weight is 397 g/mol. The van der Waals surface area contributed by atoms with E-state index in [2.05, 4.69) is 15.6 Å². The number of rotatable bonds is 7. The number of aromatic nitrogens is 1. The largest absolute Gasteiger partial charge is 0.496 e. The standard InChI is InChI=1S/C21H23N3O5/c1-5-18(25)22-12-6-8-13(9-7-12)23-21(26)15-10-14-16(27-2)11-17(28-3)20(29-4)19(14)24-15/h6-11,24H,5H2,1-4H3,(H,22,25)(H,23,26). The Balaban J connectivity index is 1.86. The topological polar surface area (TPSA) is 102 Å². The van der Waals surface area contributed by atoms with E-state index in [-0.39, 0.29) is 11.8 Å². The average Bonchev–Trinajstić information content (AvgIpc) is 3.19. The molecule has 3 N–H and O–H groups in total. The lowest BCUT2D eigenvalue weighted by molar-refractivity contribution is -0.115. The molecule has 8 nitrogen and oxygen atoms in total. The van der Waals surface area contributed by atoms with Crippen LogP contribution in [0.4, 0.5) is 11.4 Å². The number of ether oxygens (including phenoxy) is 3. The molecular weight excluding hydrogens is 374 g/mol. The highest BCUT2D eigenvalue weighted by molar-refractivity contribution is 6.08. The zero-order valence-electron chi connectivity index (χ0n) is 16.7. The lowest BCUT2D eigenvalue weighted by atomic mass is 10.2. The van der Waals surface area contributed by atoms with Crippen LogP contribution in [0.5, 0.6) is 17.2 Å². The summed E-state index contributed by atoms with van der Waals surface area (Å²) < 4.78 is 16.2. The first kappa shape index (κ1) is 20.1. The van der Waals surface area contributed by atoms with Gasteiger partial charge in [-0.25, -0.2) is 0 Å². The smallest absolute Gasteiger partial charge is 0.272 e. The van der Waals surface area contributed by atoms with E-state index in [9.17, 15) is 9.59 Å². The summed E-state index contributed by atoms with van der Waals surface area (Å²) in [6.45, 7) is 1.78. The van der Waals surface area contributed by atoms with Crippen LogP contribution in [0, 0.1) is 0 Å². The number of hydrogen-bond donors (Lipinski definition) is 3. The maximum atomic E-state index is 12.7. The predicted molar refractivity (Wildman–Crippen MR) is 111 cm³/mol. The number of nitrogens with one attached hydrogen (secondary N) is 3. The molecule has 2 amide bonds. The molecule has 0 spiro atoms. The Bertz CT molecular complexity index is 1040. The Morgan fingerprint density at radius 3 is 2.07 bits per heavy atom. The number of fused-ring (bicyclic) bond motifs is 1. The van der Waals surface area contributed by atoms with Crippen LogP contribution < -0.4 is 24.8 Å². The van der Waals surface area contributed by atoms with E-state index in [1.807, 2.05) is 0 Å². The van der Waals surface area contributed by atoms with E-state index >= 15 is 0 Å². The van der Waals surface area contributed by atoms with Crippen molar-refractivity contribution >= 4 is 34.1 Å². The monoisotopic (exact) mass is 397 g/mol. The third-order valence-electron chi connectivity index (χ3n) is 4.43. The van der Waals surface area contributed by atoms with Crippen LogP contribution in [-0.4, -0.2) is 38.1 Å². The van der Waals surface area contributed by atoms with E-state index in [1.165, 1.54) is 14.2 Å². The zero-order valence-corrected chi connectivity index (χ0v) is 16.7. The number of carbonyl (C=O) groups excluding carboxylic acids is 2. The second-order valence-corrected chi connectivity index (χ2v) is 6.22. The van der Waals surface area contributed by atoms with Gasteiger partial charge in [-0.2, -0.15) is 0 Å². The van der Waals surface area contributed by atoms with E-state index in [1.54, 1.807) is 50.4 Å². The Morgan fingerprint density at radius 2 is 1.52 bits per heavy atom. The van der Waals surface area contributed by atoms with Crippen LogP contribution in [0.15, 0.2) is 36.4 Å². The van der Waals surface area contributed by atoms with Crippen LogP contribution in [0.1, 0.15) is 23.8 Å². The Labute approximate surface area is 168 Å². The summed E-state index contributed by atoms with van der Waals surface area (Å²) in [6.07, 6.45) is 0.399. The molecule has 0 unspecified atom stereocenters. The summed E-state index contributed by atoms with van der Waals surface area (Å²) >= 11 is 0. The van der Waals surface area contributed by atoms with Crippen molar-refractivity contribution < 1.29 is 23.8 Å². The summed E-state index contributed by atoms with van der Waals surface area (Å²) in [4.78, 5) is 27.2. The Morgan fingerprint density at radius 1 is 0.897 bits per heavy atom. The number of amides is 2. The van der Waals surface area contributed by atoms with Gasteiger partial charge in [0.2, 0.25) is 5.91 Å².